The molecule has 1 rings (SSSR count). The van der Waals surface area contributed by atoms with Gasteiger partial charge in [-0.05, 0) is 25.0 Å². The number of benzene rings is 1. The van der Waals surface area contributed by atoms with Crippen LogP contribution in [0, 0.1) is 0 Å². The van der Waals surface area contributed by atoms with Crippen molar-refractivity contribution in [1.82, 2.24) is 0 Å². The number of aryl methyl sites for hydroxylation is 1. The van der Waals surface area contributed by atoms with Crippen LogP contribution in [0.4, 0.5) is 0 Å². The minimum absolute atomic E-state index is 0.0133. The molecule has 0 heterocycles. The molecule has 3 nitrogen and oxygen atoms in total. The maximum Gasteiger partial charge on any atom is 0.167 e. The summed E-state index contributed by atoms with van der Waals surface area (Å²) in [4.78, 5) is 11.0. The summed E-state index contributed by atoms with van der Waals surface area (Å²) >= 11 is 0. The van der Waals surface area contributed by atoms with E-state index in [2.05, 4.69) is 0 Å². The molecule has 1 aromatic carbocycles. The van der Waals surface area contributed by atoms with Crippen molar-refractivity contribution in [2.75, 3.05) is 0 Å². The van der Waals surface area contributed by atoms with E-state index in [9.17, 15) is 15.0 Å². The Morgan fingerprint density at radius 1 is 1.38 bits per heavy atom. The van der Waals surface area contributed by atoms with Crippen molar-refractivity contribution >= 4 is 5.78 Å². The van der Waals surface area contributed by atoms with Crippen LogP contribution in [0.15, 0.2) is 12.1 Å². The van der Waals surface area contributed by atoms with E-state index in [1.165, 1.54) is 13.0 Å². The minimum Gasteiger partial charge on any atom is -0.507 e. The van der Waals surface area contributed by atoms with Crippen molar-refractivity contribution in [2.45, 2.75) is 20.3 Å². The van der Waals surface area contributed by atoms with Gasteiger partial charge in [0, 0.05) is 0 Å². The van der Waals surface area contributed by atoms with Crippen molar-refractivity contribution in [1.29, 1.82) is 0 Å². The van der Waals surface area contributed by atoms with E-state index in [0.717, 1.165) is 0 Å². The van der Waals surface area contributed by atoms with Crippen LogP contribution in [0.25, 0.3) is 0 Å². The van der Waals surface area contributed by atoms with Crippen molar-refractivity contribution in [3.63, 3.8) is 0 Å². The maximum atomic E-state index is 11.0. The second-order valence-electron chi connectivity index (χ2n) is 2.88. The third-order valence-electron chi connectivity index (χ3n) is 1.97. The standard InChI is InChI=1S/C10H12O3/c1-3-7-4-5-8(12)9(6(2)11)10(7)13/h4-5,12-13H,3H2,1-2H3. The molecule has 1 aromatic rings. The molecule has 2 N–H and O–H groups in total. The molecule has 0 bridgehead atoms. The van der Waals surface area contributed by atoms with Crippen LogP contribution in [-0.4, -0.2) is 16.0 Å². The fraction of sp³-hybridized carbons (Fsp3) is 0.300. The molecule has 0 fully saturated rings. The molecule has 0 saturated carbocycles. The first-order chi connectivity index (χ1) is 6.07. The highest BCUT2D eigenvalue weighted by Crippen LogP contribution is 2.30. The highest BCUT2D eigenvalue weighted by Gasteiger charge is 2.14. The van der Waals surface area contributed by atoms with Crippen molar-refractivity contribution < 1.29 is 15.0 Å². The van der Waals surface area contributed by atoms with Crippen LogP contribution in [0.3, 0.4) is 0 Å². The molecule has 0 amide bonds. The first kappa shape index (κ1) is 9.58. The smallest absolute Gasteiger partial charge is 0.167 e. The Balaban J connectivity index is 3.38. The lowest BCUT2D eigenvalue weighted by molar-refractivity contribution is 0.101. The summed E-state index contributed by atoms with van der Waals surface area (Å²) in [6.45, 7) is 3.18. The molecule has 13 heavy (non-hydrogen) atoms. The maximum absolute atomic E-state index is 11.0. The lowest BCUT2D eigenvalue weighted by atomic mass is 10.0. The number of phenols is 2. The van der Waals surface area contributed by atoms with Gasteiger partial charge in [-0.2, -0.15) is 0 Å². The quantitative estimate of drug-likeness (QED) is 0.683. The highest BCUT2D eigenvalue weighted by atomic mass is 16.3. The Morgan fingerprint density at radius 2 is 2.00 bits per heavy atom. The van der Waals surface area contributed by atoms with Crippen LogP contribution in [0.5, 0.6) is 11.5 Å². The van der Waals surface area contributed by atoms with E-state index in [0.29, 0.717) is 12.0 Å². The summed E-state index contributed by atoms with van der Waals surface area (Å²) in [6, 6.07) is 3.03. The number of aromatic hydroxyl groups is 2. The third kappa shape index (κ3) is 1.64. The predicted molar refractivity (Wildman–Crippen MR) is 49.2 cm³/mol. The number of carbonyl (C=O) groups excluding carboxylic acids is 1. The van der Waals surface area contributed by atoms with Gasteiger partial charge in [-0.3, -0.25) is 4.79 Å². The first-order valence-corrected chi connectivity index (χ1v) is 4.12. The van der Waals surface area contributed by atoms with E-state index in [1.54, 1.807) is 6.07 Å². The second-order valence-corrected chi connectivity index (χ2v) is 2.88. The van der Waals surface area contributed by atoms with Gasteiger partial charge < -0.3 is 10.2 Å². The number of Topliss-reactive ketones (excluding diaryl/α,β-unsaturated/α-hetero) is 1. The number of phenolic OH excluding ortho intramolecular Hbond substituents is 2. The van der Waals surface area contributed by atoms with Crippen molar-refractivity contribution in [2.24, 2.45) is 0 Å². The molecule has 0 unspecified atom stereocenters. The normalized spacial score (nSPS) is 10.0. The fourth-order valence-electron chi connectivity index (χ4n) is 1.26. The topological polar surface area (TPSA) is 57.5 Å². The van der Waals surface area contributed by atoms with Crippen LogP contribution >= 0.6 is 0 Å². The second kappa shape index (κ2) is 3.47. The van der Waals surface area contributed by atoms with Gasteiger partial charge in [-0.15, -0.1) is 0 Å². The lowest BCUT2D eigenvalue weighted by Crippen LogP contribution is -1.96. The summed E-state index contributed by atoms with van der Waals surface area (Å²) in [5.74, 6) is -0.595. The molecule has 0 spiro atoms. The molecular weight excluding hydrogens is 168 g/mol. The molecule has 0 radical (unpaired) electrons. The Labute approximate surface area is 76.6 Å². The van der Waals surface area contributed by atoms with Gasteiger partial charge in [-0.1, -0.05) is 13.0 Å². The molecule has 0 aliphatic heterocycles. The lowest BCUT2D eigenvalue weighted by Gasteiger charge is -2.07. The predicted octanol–water partition coefficient (Wildman–Crippen LogP) is 1.86. The molecule has 0 aliphatic carbocycles. The average Bonchev–Trinajstić information content (AvgIpc) is 2.04. The zero-order valence-electron chi connectivity index (χ0n) is 7.66. The minimum atomic E-state index is -0.328. The Morgan fingerprint density at radius 3 is 2.46 bits per heavy atom. The summed E-state index contributed by atoms with van der Waals surface area (Å²) < 4.78 is 0. The summed E-state index contributed by atoms with van der Waals surface area (Å²) in [5.41, 5.74) is 0.683. The Kier molecular flexibility index (Phi) is 2.56. The number of carbonyl (C=O) groups is 1. The van der Waals surface area contributed by atoms with E-state index >= 15 is 0 Å². The van der Waals surface area contributed by atoms with Crippen molar-refractivity contribution in [3.8, 4) is 11.5 Å². The van der Waals surface area contributed by atoms with Gasteiger partial charge in [-0.25, -0.2) is 0 Å². The molecule has 0 aliphatic rings. The van der Waals surface area contributed by atoms with Crippen LogP contribution in [-0.2, 0) is 6.42 Å². The largest absolute Gasteiger partial charge is 0.507 e. The van der Waals surface area contributed by atoms with Gasteiger partial charge in [0.15, 0.2) is 5.78 Å². The first-order valence-electron chi connectivity index (χ1n) is 4.12. The Hall–Kier alpha value is -1.51. The number of rotatable bonds is 2. The zero-order valence-corrected chi connectivity index (χ0v) is 7.66. The molecule has 3 heteroatoms. The molecule has 70 valence electrons. The van der Waals surface area contributed by atoms with Gasteiger partial charge in [0.1, 0.15) is 17.1 Å². The third-order valence-corrected chi connectivity index (χ3v) is 1.97. The number of hydrogen-bond acceptors (Lipinski definition) is 3. The van der Waals surface area contributed by atoms with Gasteiger partial charge in [0.05, 0.1) is 0 Å². The van der Waals surface area contributed by atoms with Gasteiger partial charge >= 0.3 is 0 Å². The van der Waals surface area contributed by atoms with E-state index in [4.69, 9.17) is 0 Å². The monoisotopic (exact) mass is 180 g/mol. The fourth-order valence-corrected chi connectivity index (χ4v) is 1.26. The van der Waals surface area contributed by atoms with Gasteiger partial charge in [0.2, 0.25) is 0 Å². The molecule has 0 aromatic heterocycles. The summed E-state index contributed by atoms with van der Waals surface area (Å²) in [5, 5.41) is 18.9. The summed E-state index contributed by atoms with van der Waals surface area (Å²) in [7, 11) is 0. The van der Waals surface area contributed by atoms with Crippen molar-refractivity contribution in [3.05, 3.63) is 23.3 Å². The number of ketones is 1. The van der Waals surface area contributed by atoms with E-state index < -0.39 is 0 Å². The Bertz CT molecular complexity index is 342. The van der Waals surface area contributed by atoms with E-state index in [1.807, 2.05) is 6.92 Å². The average molecular weight is 180 g/mol. The highest BCUT2D eigenvalue weighted by molar-refractivity contribution is 5.99. The SMILES string of the molecule is CCc1ccc(O)c(C(C)=O)c1O. The summed E-state index contributed by atoms with van der Waals surface area (Å²) in [6.07, 6.45) is 0.631. The number of hydrogen-bond donors (Lipinski definition) is 2. The molecule has 0 saturated heterocycles. The zero-order chi connectivity index (χ0) is 10.0. The van der Waals surface area contributed by atoms with Crippen LogP contribution in [0.2, 0.25) is 0 Å². The van der Waals surface area contributed by atoms with Gasteiger partial charge in [0.25, 0.3) is 0 Å². The van der Waals surface area contributed by atoms with E-state index in [-0.39, 0.29) is 22.8 Å². The van der Waals surface area contributed by atoms with Crippen LogP contribution in [0.1, 0.15) is 29.8 Å². The molecular formula is C10H12O3. The molecule has 0 atom stereocenters. The van der Waals surface area contributed by atoms with Crippen LogP contribution < -0.4 is 0 Å².